The van der Waals surface area contributed by atoms with Gasteiger partial charge in [-0.2, -0.15) is 0 Å². The zero-order valence-electron chi connectivity index (χ0n) is 10.8. The van der Waals surface area contributed by atoms with Gasteiger partial charge in [-0.25, -0.2) is 13.1 Å². The first-order valence-corrected chi connectivity index (χ1v) is 7.09. The van der Waals surface area contributed by atoms with Crippen molar-refractivity contribution in [3.05, 3.63) is 18.2 Å². The summed E-state index contributed by atoms with van der Waals surface area (Å²) in [6.07, 6.45) is 0. The minimum Gasteiger partial charge on any atom is -0.398 e. The van der Waals surface area contributed by atoms with Crippen molar-refractivity contribution in [2.75, 3.05) is 31.3 Å². The molecule has 1 aromatic rings. The molecule has 6 N–H and O–H groups in total. The van der Waals surface area contributed by atoms with Gasteiger partial charge in [0.05, 0.1) is 24.4 Å². The topological polar surface area (TPSA) is 125 Å². The van der Waals surface area contributed by atoms with Crippen molar-refractivity contribution < 1.29 is 18.6 Å². The highest BCUT2D eigenvalue weighted by Gasteiger charge is 2.23. The second kappa shape index (κ2) is 5.74. The van der Waals surface area contributed by atoms with Crippen LogP contribution in [0.25, 0.3) is 0 Å². The molecule has 1 aromatic carbocycles. The molecule has 0 bridgehead atoms. The Bertz CT molecular complexity index is 541. The Morgan fingerprint density at radius 1 is 1.32 bits per heavy atom. The first-order chi connectivity index (χ1) is 8.78. The van der Waals surface area contributed by atoms with Gasteiger partial charge in [-0.05, 0) is 32.2 Å². The van der Waals surface area contributed by atoms with Gasteiger partial charge in [-0.1, -0.05) is 0 Å². The molecule has 7 nitrogen and oxygen atoms in total. The minimum absolute atomic E-state index is 0.0183. The fourth-order valence-corrected chi connectivity index (χ4v) is 2.29. The van der Waals surface area contributed by atoms with Crippen LogP contribution >= 0.6 is 0 Å². The Morgan fingerprint density at radius 2 is 1.89 bits per heavy atom. The molecule has 0 spiro atoms. The van der Waals surface area contributed by atoms with Gasteiger partial charge < -0.3 is 21.3 Å². The lowest BCUT2D eigenvalue weighted by Crippen LogP contribution is -2.42. The number of nitrogens with one attached hydrogen (secondary N) is 2. The summed E-state index contributed by atoms with van der Waals surface area (Å²) in [6.45, 7) is 1.07. The van der Waals surface area contributed by atoms with Crippen LogP contribution < -0.4 is 15.8 Å². The van der Waals surface area contributed by atoms with Crippen molar-refractivity contribution in [2.45, 2.75) is 17.4 Å². The molecule has 0 amide bonds. The van der Waals surface area contributed by atoms with Crippen molar-refractivity contribution in [2.24, 2.45) is 0 Å². The first-order valence-electron chi connectivity index (χ1n) is 5.61. The molecule has 0 atom stereocenters. The molecule has 0 saturated heterocycles. The monoisotopic (exact) mass is 289 g/mol. The van der Waals surface area contributed by atoms with E-state index in [1.807, 2.05) is 0 Å². The lowest BCUT2D eigenvalue weighted by molar-refractivity contribution is 0.147. The molecule has 19 heavy (non-hydrogen) atoms. The molecule has 0 radical (unpaired) electrons. The van der Waals surface area contributed by atoms with Crippen LogP contribution in [-0.4, -0.2) is 44.4 Å². The van der Waals surface area contributed by atoms with Crippen LogP contribution in [-0.2, 0) is 10.0 Å². The van der Waals surface area contributed by atoms with Crippen molar-refractivity contribution >= 4 is 21.4 Å². The van der Waals surface area contributed by atoms with Crippen LogP contribution in [0.2, 0.25) is 0 Å². The minimum atomic E-state index is -3.60. The van der Waals surface area contributed by atoms with E-state index in [1.165, 1.54) is 25.2 Å². The van der Waals surface area contributed by atoms with Crippen molar-refractivity contribution in [3.63, 3.8) is 0 Å². The van der Waals surface area contributed by atoms with Crippen LogP contribution in [0.3, 0.4) is 0 Å². The average molecular weight is 289 g/mol. The lowest BCUT2D eigenvalue weighted by Gasteiger charge is -2.27. The molecule has 0 saturated carbocycles. The van der Waals surface area contributed by atoms with Gasteiger partial charge in [0.15, 0.2) is 0 Å². The molecule has 0 aliphatic carbocycles. The number of rotatable bonds is 6. The third-order valence-electron chi connectivity index (χ3n) is 2.71. The lowest BCUT2D eigenvalue weighted by atomic mass is 10.0. The molecule has 0 aromatic heterocycles. The zero-order chi connectivity index (χ0) is 14.7. The molecule has 0 aliphatic rings. The molecule has 8 heteroatoms. The van der Waals surface area contributed by atoms with Gasteiger partial charge in [0, 0.05) is 5.69 Å². The molecular weight excluding hydrogens is 270 g/mol. The number of hydrogen-bond acceptors (Lipinski definition) is 6. The van der Waals surface area contributed by atoms with E-state index in [4.69, 9.17) is 5.73 Å². The quantitative estimate of drug-likeness (QED) is 0.442. The normalized spacial score (nSPS) is 12.4. The van der Waals surface area contributed by atoms with E-state index in [1.54, 1.807) is 6.92 Å². The average Bonchev–Trinajstić information content (AvgIpc) is 2.38. The number of anilines is 2. The molecule has 108 valence electrons. The Hall–Kier alpha value is -1.35. The molecular formula is C11H19N3O4S. The SMILES string of the molecule is CNS(=O)(=O)c1ccc(NC(C)(CO)CO)cc1N. The molecule has 0 heterocycles. The number of benzene rings is 1. The number of hydrogen-bond donors (Lipinski definition) is 5. The smallest absolute Gasteiger partial charge is 0.242 e. The van der Waals surface area contributed by atoms with E-state index >= 15 is 0 Å². The number of sulfonamides is 1. The van der Waals surface area contributed by atoms with Gasteiger partial charge in [-0.15, -0.1) is 0 Å². The first kappa shape index (κ1) is 15.7. The van der Waals surface area contributed by atoms with Crippen molar-refractivity contribution in [3.8, 4) is 0 Å². The van der Waals surface area contributed by atoms with Gasteiger partial charge in [0.25, 0.3) is 0 Å². The van der Waals surface area contributed by atoms with Gasteiger partial charge in [0.2, 0.25) is 10.0 Å². The number of aliphatic hydroxyl groups is 2. The summed E-state index contributed by atoms with van der Waals surface area (Å²) in [5, 5.41) is 21.3. The van der Waals surface area contributed by atoms with E-state index in [0.717, 1.165) is 0 Å². The van der Waals surface area contributed by atoms with Gasteiger partial charge in [0.1, 0.15) is 4.90 Å². The Balaban J connectivity index is 3.08. The van der Waals surface area contributed by atoms with E-state index in [9.17, 15) is 18.6 Å². The summed E-state index contributed by atoms with van der Waals surface area (Å²) in [5.74, 6) is 0. The maximum atomic E-state index is 11.6. The number of nitrogens with two attached hydrogens (primary N) is 1. The molecule has 0 fully saturated rings. The maximum Gasteiger partial charge on any atom is 0.242 e. The summed E-state index contributed by atoms with van der Waals surface area (Å²) >= 11 is 0. The third kappa shape index (κ3) is 3.57. The van der Waals surface area contributed by atoms with E-state index < -0.39 is 15.6 Å². The van der Waals surface area contributed by atoms with Crippen molar-refractivity contribution in [1.82, 2.24) is 4.72 Å². The van der Waals surface area contributed by atoms with Crippen LogP contribution in [0.1, 0.15) is 6.92 Å². The summed E-state index contributed by atoms with van der Waals surface area (Å²) < 4.78 is 25.5. The van der Waals surface area contributed by atoms with Crippen LogP contribution in [0, 0.1) is 0 Å². The summed E-state index contributed by atoms with van der Waals surface area (Å²) in [7, 11) is -2.30. The van der Waals surface area contributed by atoms with Crippen LogP contribution in [0.15, 0.2) is 23.1 Å². The highest BCUT2D eigenvalue weighted by Crippen LogP contribution is 2.24. The second-order valence-corrected chi connectivity index (χ2v) is 6.32. The Labute approximate surface area is 112 Å². The van der Waals surface area contributed by atoms with Crippen LogP contribution in [0.4, 0.5) is 11.4 Å². The fraction of sp³-hybridized carbons (Fsp3) is 0.455. The molecule has 0 aliphatic heterocycles. The van der Waals surface area contributed by atoms with Gasteiger partial charge in [-0.3, -0.25) is 0 Å². The van der Waals surface area contributed by atoms with E-state index in [2.05, 4.69) is 10.0 Å². The zero-order valence-corrected chi connectivity index (χ0v) is 11.7. The standard InChI is InChI=1S/C11H19N3O4S/c1-11(6-15,7-16)14-8-3-4-10(9(12)5-8)19(17,18)13-2/h3-5,13-16H,6-7,12H2,1-2H3. The summed E-state index contributed by atoms with van der Waals surface area (Å²) in [6, 6.07) is 4.32. The fourth-order valence-electron chi connectivity index (χ4n) is 1.46. The highest BCUT2D eigenvalue weighted by atomic mass is 32.2. The number of nitrogen functional groups attached to an aromatic ring is 1. The summed E-state index contributed by atoms with van der Waals surface area (Å²) in [5.41, 5.74) is 5.39. The third-order valence-corrected chi connectivity index (χ3v) is 4.20. The number of aliphatic hydroxyl groups excluding tert-OH is 2. The Kier molecular flexibility index (Phi) is 4.75. The molecule has 0 unspecified atom stereocenters. The van der Waals surface area contributed by atoms with Crippen molar-refractivity contribution in [1.29, 1.82) is 0 Å². The van der Waals surface area contributed by atoms with E-state index in [0.29, 0.717) is 5.69 Å². The molecule has 1 rings (SSSR count). The maximum absolute atomic E-state index is 11.6. The highest BCUT2D eigenvalue weighted by molar-refractivity contribution is 7.89. The predicted molar refractivity (Wildman–Crippen MR) is 73.3 cm³/mol. The predicted octanol–water partition coefficient (Wildman–Crippen LogP) is -0.668. The Morgan fingerprint density at radius 3 is 2.32 bits per heavy atom. The summed E-state index contributed by atoms with van der Waals surface area (Å²) in [4.78, 5) is -0.0183. The van der Waals surface area contributed by atoms with Gasteiger partial charge >= 0.3 is 0 Å². The van der Waals surface area contributed by atoms with E-state index in [-0.39, 0.29) is 23.8 Å². The second-order valence-electron chi connectivity index (χ2n) is 4.46. The van der Waals surface area contributed by atoms with Crippen LogP contribution in [0.5, 0.6) is 0 Å². The largest absolute Gasteiger partial charge is 0.398 e.